The molecule has 0 bridgehead atoms. The van der Waals surface area contributed by atoms with Crippen molar-refractivity contribution in [3.05, 3.63) is 48.0 Å². The number of nitrogens with one attached hydrogen (secondary N) is 1. The monoisotopic (exact) mass is 422 g/mol. The van der Waals surface area contributed by atoms with Crippen molar-refractivity contribution in [2.24, 2.45) is 0 Å². The molecule has 0 spiro atoms. The van der Waals surface area contributed by atoms with E-state index >= 15 is 0 Å². The highest BCUT2D eigenvalue weighted by atomic mass is 32.2. The Bertz CT molecular complexity index is 961. The van der Waals surface area contributed by atoms with Crippen LogP contribution in [-0.4, -0.2) is 48.5 Å². The maximum absolute atomic E-state index is 12.7. The quantitative estimate of drug-likeness (QED) is 0.667. The molecular formula is C20H26N2O6S. The van der Waals surface area contributed by atoms with Gasteiger partial charge < -0.3 is 19.5 Å². The van der Waals surface area contributed by atoms with E-state index in [0.29, 0.717) is 17.2 Å². The SMILES string of the molecule is COc1ccc(OC)c(N(CC(=O)N[C@H](C)c2ccccc2OC)S(C)(=O)=O)c1. The molecule has 2 aromatic carbocycles. The largest absolute Gasteiger partial charge is 0.497 e. The first-order valence-electron chi connectivity index (χ1n) is 8.83. The Morgan fingerprint density at radius 1 is 1.03 bits per heavy atom. The molecule has 158 valence electrons. The van der Waals surface area contributed by atoms with Crippen LogP contribution in [0.5, 0.6) is 17.2 Å². The van der Waals surface area contributed by atoms with Crippen molar-refractivity contribution < 1.29 is 27.4 Å². The van der Waals surface area contributed by atoms with Crippen molar-refractivity contribution in [1.29, 1.82) is 0 Å². The van der Waals surface area contributed by atoms with Crippen LogP contribution in [0.4, 0.5) is 5.69 Å². The molecule has 1 amide bonds. The predicted molar refractivity (Wildman–Crippen MR) is 111 cm³/mol. The highest BCUT2D eigenvalue weighted by Gasteiger charge is 2.25. The lowest BCUT2D eigenvalue weighted by molar-refractivity contribution is -0.120. The first-order valence-corrected chi connectivity index (χ1v) is 10.7. The number of amides is 1. The molecule has 0 saturated carbocycles. The van der Waals surface area contributed by atoms with E-state index in [9.17, 15) is 13.2 Å². The average Bonchev–Trinajstić information content (AvgIpc) is 2.70. The molecule has 0 aliphatic heterocycles. The highest BCUT2D eigenvalue weighted by Crippen LogP contribution is 2.33. The predicted octanol–water partition coefficient (Wildman–Crippen LogP) is 2.36. The molecule has 0 aromatic heterocycles. The number of ether oxygens (including phenoxy) is 3. The third kappa shape index (κ3) is 5.54. The lowest BCUT2D eigenvalue weighted by atomic mass is 10.1. The van der Waals surface area contributed by atoms with Crippen LogP contribution < -0.4 is 23.8 Å². The summed E-state index contributed by atoms with van der Waals surface area (Å²) in [7, 11) is 0.674. The smallest absolute Gasteiger partial charge is 0.241 e. The summed E-state index contributed by atoms with van der Waals surface area (Å²) in [5.74, 6) is 0.910. The standard InChI is InChI=1S/C20H26N2O6S/c1-14(16-8-6-7-9-18(16)27-3)21-20(23)13-22(29(5,24)25)17-12-15(26-2)10-11-19(17)28-4/h6-12,14H,13H2,1-5H3,(H,21,23)/t14-/m1/s1. The fraction of sp³-hybridized carbons (Fsp3) is 0.350. The number of hydrogen-bond acceptors (Lipinski definition) is 6. The van der Waals surface area contributed by atoms with E-state index in [1.807, 2.05) is 18.2 Å². The van der Waals surface area contributed by atoms with Crippen LogP contribution in [0.25, 0.3) is 0 Å². The maximum Gasteiger partial charge on any atom is 0.241 e. The van der Waals surface area contributed by atoms with Gasteiger partial charge in [-0.05, 0) is 25.1 Å². The van der Waals surface area contributed by atoms with Gasteiger partial charge in [0.15, 0.2) is 0 Å². The van der Waals surface area contributed by atoms with Gasteiger partial charge in [-0.1, -0.05) is 18.2 Å². The molecule has 29 heavy (non-hydrogen) atoms. The van der Waals surface area contributed by atoms with Gasteiger partial charge in [0.1, 0.15) is 23.8 Å². The van der Waals surface area contributed by atoms with E-state index in [-0.39, 0.29) is 11.7 Å². The molecule has 1 N–H and O–H groups in total. The molecule has 0 aliphatic rings. The number of methoxy groups -OCH3 is 3. The number of para-hydroxylation sites is 1. The number of sulfonamides is 1. The summed E-state index contributed by atoms with van der Waals surface area (Å²) in [6.45, 7) is 1.38. The van der Waals surface area contributed by atoms with Gasteiger partial charge in [0.2, 0.25) is 15.9 Å². The number of benzene rings is 2. The molecule has 2 aromatic rings. The number of rotatable bonds is 9. The van der Waals surface area contributed by atoms with Gasteiger partial charge in [-0.15, -0.1) is 0 Å². The topological polar surface area (TPSA) is 94.2 Å². The molecule has 0 saturated heterocycles. The first-order chi connectivity index (χ1) is 13.7. The number of nitrogens with zero attached hydrogens (tertiary/aromatic N) is 1. The van der Waals surface area contributed by atoms with Gasteiger partial charge in [0, 0.05) is 11.6 Å². The Kier molecular flexibility index (Phi) is 7.33. The molecule has 1 atom stereocenters. The lowest BCUT2D eigenvalue weighted by Crippen LogP contribution is -2.41. The zero-order chi connectivity index (χ0) is 21.6. The van der Waals surface area contributed by atoms with Crippen LogP contribution in [0, 0.1) is 0 Å². The van der Waals surface area contributed by atoms with E-state index in [1.165, 1.54) is 20.3 Å². The normalized spacial score (nSPS) is 12.0. The van der Waals surface area contributed by atoms with Gasteiger partial charge in [-0.25, -0.2) is 8.42 Å². The summed E-state index contributed by atoms with van der Waals surface area (Å²) in [5.41, 5.74) is 1.00. The molecule has 0 aliphatic carbocycles. The zero-order valence-electron chi connectivity index (χ0n) is 17.1. The minimum absolute atomic E-state index is 0.217. The fourth-order valence-corrected chi connectivity index (χ4v) is 3.74. The van der Waals surface area contributed by atoms with E-state index in [0.717, 1.165) is 16.1 Å². The number of carbonyl (C=O) groups excluding carboxylic acids is 1. The van der Waals surface area contributed by atoms with Gasteiger partial charge in [-0.2, -0.15) is 0 Å². The highest BCUT2D eigenvalue weighted by molar-refractivity contribution is 7.92. The van der Waals surface area contributed by atoms with Crippen LogP contribution in [0.2, 0.25) is 0 Å². The molecule has 8 nitrogen and oxygen atoms in total. The molecule has 0 fully saturated rings. The number of anilines is 1. The van der Waals surface area contributed by atoms with Crippen molar-refractivity contribution >= 4 is 21.6 Å². The molecule has 0 unspecified atom stereocenters. The third-order valence-corrected chi connectivity index (χ3v) is 5.45. The molecule has 0 heterocycles. The van der Waals surface area contributed by atoms with Crippen molar-refractivity contribution in [3.63, 3.8) is 0 Å². The van der Waals surface area contributed by atoms with Gasteiger partial charge in [-0.3, -0.25) is 9.10 Å². The van der Waals surface area contributed by atoms with Gasteiger partial charge >= 0.3 is 0 Å². The lowest BCUT2D eigenvalue weighted by Gasteiger charge is -2.25. The Morgan fingerprint density at radius 3 is 2.28 bits per heavy atom. The minimum Gasteiger partial charge on any atom is -0.497 e. The fourth-order valence-electron chi connectivity index (χ4n) is 2.89. The molecule has 0 radical (unpaired) electrons. The Balaban J connectivity index is 2.29. The Hall–Kier alpha value is -2.94. The van der Waals surface area contributed by atoms with Crippen molar-refractivity contribution in [2.75, 3.05) is 38.4 Å². The first kappa shape index (κ1) is 22.4. The van der Waals surface area contributed by atoms with E-state index < -0.39 is 22.5 Å². The summed E-state index contributed by atoms with van der Waals surface area (Å²) in [6.07, 6.45) is 1.03. The second-order valence-electron chi connectivity index (χ2n) is 6.34. The van der Waals surface area contributed by atoms with Crippen LogP contribution in [0.3, 0.4) is 0 Å². The summed E-state index contributed by atoms with van der Waals surface area (Å²) >= 11 is 0. The van der Waals surface area contributed by atoms with Crippen molar-refractivity contribution in [3.8, 4) is 17.2 Å². The summed E-state index contributed by atoms with van der Waals surface area (Å²) in [5, 5.41) is 2.81. The maximum atomic E-state index is 12.7. The van der Waals surface area contributed by atoms with E-state index in [4.69, 9.17) is 14.2 Å². The van der Waals surface area contributed by atoms with Crippen molar-refractivity contribution in [2.45, 2.75) is 13.0 Å². The van der Waals surface area contributed by atoms with Gasteiger partial charge in [0.05, 0.1) is 39.3 Å². The summed E-state index contributed by atoms with van der Waals surface area (Å²) < 4.78 is 41.6. The number of hydrogen-bond donors (Lipinski definition) is 1. The third-order valence-electron chi connectivity index (χ3n) is 4.33. The van der Waals surface area contributed by atoms with Crippen LogP contribution in [0.1, 0.15) is 18.5 Å². The van der Waals surface area contributed by atoms with E-state index in [1.54, 1.807) is 32.2 Å². The summed E-state index contributed by atoms with van der Waals surface area (Å²) in [4.78, 5) is 12.7. The Morgan fingerprint density at radius 2 is 1.69 bits per heavy atom. The minimum atomic E-state index is -3.77. The summed E-state index contributed by atoms with van der Waals surface area (Å²) in [6, 6.07) is 11.7. The van der Waals surface area contributed by atoms with Crippen LogP contribution >= 0.6 is 0 Å². The van der Waals surface area contributed by atoms with Crippen LogP contribution in [0.15, 0.2) is 42.5 Å². The molecule has 2 rings (SSSR count). The number of carbonyl (C=O) groups is 1. The van der Waals surface area contributed by atoms with Crippen molar-refractivity contribution in [1.82, 2.24) is 5.32 Å². The second kappa shape index (κ2) is 9.51. The van der Waals surface area contributed by atoms with Gasteiger partial charge in [0.25, 0.3) is 0 Å². The van der Waals surface area contributed by atoms with E-state index in [2.05, 4.69) is 5.32 Å². The molecular weight excluding hydrogens is 396 g/mol. The second-order valence-corrected chi connectivity index (χ2v) is 8.25. The Labute approximate surface area is 171 Å². The van der Waals surface area contributed by atoms with Crippen LogP contribution in [-0.2, 0) is 14.8 Å². The zero-order valence-corrected chi connectivity index (χ0v) is 17.9. The average molecular weight is 423 g/mol. The molecule has 9 heteroatoms.